The number of aromatic nitrogens is 4. The van der Waals surface area contributed by atoms with Crippen molar-refractivity contribution in [1.29, 1.82) is 0 Å². The van der Waals surface area contributed by atoms with E-state index in [0.29, 0.717) is 0 Å². The Hall–Kier alpha value is -1.49. The predicted octanol–water partition coefficient (Wildman–Crippen LogP) is 1.83. The third kappa shape index (κ3) is 1.48. The zero-order valence-electron chi connectivity index (χ0n) is 9.26. The zero-order chi connectivity index (χ0) is 11.0. The van der Waals surface area contributed by atoms with E-state index in [4.69, 9.17) is 4.74 Å². The number of fused-ring (bicyclic) bond motifs is 1. The fraction of sp³-hybridized carbons (Fsp3) is 0.545. The first-order valence-electron chi connectivity index (χ1n) is 5.64. The molecular weight excluding hydrogens is 204 g/mol. The summed E-state index contributed by atoms with van der Waals surface area (Å²) < 4.78 is 7.59. The average Bonchev–Trinajstić information content (AvgIpc) is 2.69. The topological polar surface area (TPSA) is 52.8 Å². The molecule has 5 nitrogen and oxygen atoms in total. The van der Waals surface area contributed by atoms with Crippen LogP contribution in [0.2, 0.25) is 0 Å². The van der Waals surface area contributed by atoms with Crippen LogP contribution in [0, 0.1) is 6.92 Å². The lowest BCUT2D eigenvalue weighted by atomic mass is 10.2. The quantitative estimate of drug-likeness (QED) is 0.732. The highest BCUT2D eigenvalue weighted by atomic mass is 16.5. The molecule has 84 valence electrons. The van der Waals surface area contributed by atoms with Gasteiger partial charge in [0.1, 0.15) is 0 Å². The van der Waals surface area contributed by atoms with Gasteiger partial charge in [-0.05, 0) is 32.3 Å². The molecule has 3 heterocycles. The van der Waals surface area contributed by atoms with Crippen molar-refractivity contribution >= 4 is 11.0 Å². The molecule has 0 aliphatic carbocycles. The smallest absolute Gasteiger partial charge is 0.183 e. The van der Waals surface area contributed by atoms with Crippen molar-refractivity contribution in [3.63, 3.8) is 0 Å². The molecule has 2 aromatic rings. The van der Waals surface area contributed by atoms with Gasteiger partial charge in [0.05, 0.1) is 11.9 Å². The third-order valence-corrected chi connectivity index (χ3v) is 2.99. The van der Waals surface area contributed by atoms with E-state index in [9.17, 15) is 0 Å². The molecular formula is C11H14N4O. The second-order valence-corrected chi connectivity index (χ2v) is 4.12. The Morgan fingerprint density at radius 2 is 2.38 bits per heavy atom. The molecule has 0 radical (unpaired) electrons. The van der Waals surface area contributed by atoms with E-state index < -0.39 is 0 Å². The van der Waals surface area contributed by atoms with Crippen LogP contribution in [0.25, 0.3) is 11.0 Å². The van der Waals surface area contributed by atoms with Crippen LogP contribution in [0.4, 0.5) is 0 Å². The summed E-state index contributed by atoms with van der Waals surface area (Å²) in [5.74, 6) is 0. The Morgan fingerprint density at radius 3 is 3.19 bits per heavy atom. The van der Waals surface area contributed by atoms with Crippen LogP contribution in [-0.4, -0.2) is 26.6 Å². The molecule has 16 heavy (non-hydrogen) atoms. The minimum Gasteiger partial charge on any atom is -0.356 e. The van der Waals surface area contributed by atoms with E-state index in [1.165, 1.54) is 6.42 Å². The Morgan fingerprint density at radius 1 is 1.44 bits per heavy atom. The van der Waals surface area contributed by atoms with E-state index in [1.54, 1.807) is 6.20 Å². The van der Waals surface area contributed by atoms with Crippen LogP contribution in [-0.2, 0) is 4.74 Å². The molecule has 1 saturated heterocycles. The lowest BCUT2D eigenvalue weighted by Crippen LogP contribution is -2.19. The monoisotopic (exact) mass is 218 g/mol. The first-order valence-corrected chi connectivity index (χ1v) is 5.64. The van der Waals surface area contributed by atoms with E-state index in [-0.39, 0.29) is 6.23 Å². The summed E-state index contributed by atoms with van der Waals surface area (Å²) in [5, 5.41) is 13.6. The lowest BCUT2D eigenvalue weighted by Gasteiger charge is -2.22. The Labute approximate surface area is 93.4 Å². The maximum atomic E-state index is 5.72. The molecule has 3 rings (SSSR count). The summed E-state index contributed by atoms with van der Waals surface area (Å²) in [4.78, 5) is 0. The van der Waals surface area contributed by atoms with E-state index in [1.807, 2.05) is 17.7 Å². The molecule has 0 spiro atoms. The van der Waals surface area contributed by atoms with Gasteiger partial charge >= 0.3 is 0 Å². The number of aryl methyl sites for hydroxylation is 1. The number of rotatable bonds is 1. The van der Waals surface area contributed by atoms with Crippen LogP contribution < -0.4 is 0 Å². The second kappa shape index (κ2) is 3.83. The van der Waals surface area contributed by atoms with Gasteiger partial charge in [-0.15, -0.1) is 5.10 Å². The molecule has 0 saturated carbocycles. The van der Waals surface area contributed by atoms with E-state index in [0.717, 1.165) is 36.2 Å². The molecule has 0 N–H and O–H groups in total. The fourth-order valence-corrected chi connectivity index (χ4v) is 2.16. The summed E-state index contributed by atoms with van der Waals surface area (Å²) in [6, 6.07) is 1.95. The van der Waals surface area contributed by atoms with Crippen molar-refractivity contribution in [3.8, 4) is 0 Å². The number of hydrogen-bond donors (Lipinski definition) is 0. The third-order valence-electron chi connectivity index (χ3n) is 2.99. The molecule has 1 aliphatic rings. The number of nitrogens with zero attached hydrogens (tertiary/aromatic N) is 4. The van der Waals surface area contributed by atoms with Crippen LogP contribution in [0.15, 0.2) is 12.3 Å². The molecule has 5 heteroatoms. The maximum absolute atomic E-state index is 5.72. The standard InChI is InChI=1S/C11H14N4O/c1-8-9-5-6-12-13-11(9)15(14-8)10-4-2-3-7-16-10/h5-6,10H,2-4,7H2,1H3. The number of ether oxygens (including phenoxy) is 1. The SMILES string of the molecule is Cc1nn(C2CCCCO2)c2nnccc12. The summed E-state index contributed by atoms with van der Waals surface area (Å²) in [7, 11) is 0. The van der Waals surface area contributed by atoms with Crippen LogP contribution in [0.1, 0.15) is 31.2 Å². The lowest BCUT2D eigenvalue weighted by molar-refractivity contribution is -0.0372. The molecule has 1 unspecified atom stereocenters. The van der Waals surface area contributed by atoms with Crippen molar-refractivity contribution in [3.05, 3.63) is 18.0 Å². The minimum absolute atomic E-state index is 0.0293. The van der Waals surface area contributed by atoms with Gasteiger partial charge in [-0.1, -0.05) is 0 Å². The summed E-state index contributed by atoms with van der Waals surface area (Å²) >= 11 is 0. The summed E-state index contributed by atoms with van der Waals surface area (Å²) in [6.45, 7) is 2.80. The van der Waals surface area contributed by atoms with E-state index in [2.05, 4.69) is 15.3 Å². The average molecular weight is 218 g/mol. The van der Waals surface area contributed by atoms with Gasteiger partial charge in [0, 0.05) is 12.0 Å². The van der Waals surface area contributed by atoms with Gasteiger partial charge in [-0.3, -0.25) is 0 Å². The zero-order valence-corrected chi connectivity index (χ0v) is 9.26. The van der Waals surface area contributed by atoms with Crippen molar-refractivity contribution in [2.45, 2.75) is 32.4 Å². The van der Waals surface area contributed by atoms with Gasteiger partial charge in [0.15, 0.2) is 11.9 Å². The van der Waals surface area contributed by atoms with Crippen LogP contribution in [0.3, 0.4) is 0 Å². The van der Waals surface area contributed by atoms with Crippen molar-refractivity contribution in [2.24, 2.45) is 0 Å². The van der Waals surface area contributed by atoms with Gasteiger partial charge in [0.2, 0.25) is 0 Å². The Bertz CT molecular complexity index is 502. The highest BCUT2D eigenvalue weighted by Gasteiger charge is 2.20. The van der Waals surface area contributed by atoms with Crippen LogP contribution in [0.5, 0.6) is 0 Å². The van der Waals surface area contributed by atoms with Gasteiger partial charge < -0.3 is 4.74 Å². The van der Waals surface area contributed by atoms with Gasteiger partial charge in [0.25, 0.3) is 0 Å². The van der Waals surface area contributed by atoms with Crippen molar-refractivity contribution in [1.82, 2.24) is 20.0 Å². The summed E-state index contributed by atoms with van der Waals surface area (Å²) in [6.07, 6.45) is 5.06. The Kier molecular flexibility index (Phi) is 2.32. The Balaban J connectivity index is 2.08. The fourth-order valence-electron chi connectivity index (χ4n) is 2.16. The first kappa shape index (κ1) is 9.72. The summed E-state index contributed by atoms with van der Waals surface area (Å²) in [5.41, 5.74) is 1.81. The second-order valence-electron chi connectivity index (χ2n) is 4.12. The van der Waals surface area contributed by atoms with Crippen molar-refractivity contribution in [2.75, 3.05) is 6.61 Å². The number of hydrogen-bond acceptors (Lipinski definition) is 4. The van der Waals surface area contributed by atoms with Gasteiger partial charge in [-0.2, -0.15) is 10.2 Å². The molecule has 2 aromatic heterocycles. The molecule has 0 aromatic carbocycles. The van der Waals surface area contributed by atoms with Crippen LogP contribution >= 0.6 is 0 Å². The highest BCUT2D eigenvalue weighted by molar-refractivity contribution is 5.77. The van der Waals surface area contributed by atoms with E-state index >= 15 is 0 Å². The normalized spacial score (nSPS) is 21.4. The predicted molar refractivity (Wildman–Crippen MR) is 58.9 cm³/mol. The van der Waals surface area contributed by atoms with Gasteiger partial charge in [-0.25, -0.2) is 4.68 Å². The highest BCUT2D eigenvalue weighted by Crippen LogP contribution is 2.26. The molecule has 1 fully saturated rings. The first-order chi connectivity index (χ1) is 7.86. The molecule has 0 bridgehead atoms. The molecule has 1 atom stereocenters. The molecule has 1 aliphatic heterocycles. The molecule has 0 amide bonds. The van der Waals surface area contributed by atoms with Crippen molar-refractivity contribution < 1.29 is 4.74 Å². The minimum atomic E-state index is 0.0293. The largest absolute Gasteiger partial charge is 0.356 e. The maximum Gasteiger partial charge on any atom is 0.183 e.